The normalized spacial score (nSPS) is 24.7. The summed E-state index contributed by atoms with van der Waals surface area (Å²) >= 11 is 5.68. The van der Waals surface area contributed by atoms with Gasteiger partial charge in [-0.05, 0) is 24.8 Å². The predicted molar refractivity (Wildman–Crippen MR) is 56.9 cm³/mol. The SMILES string of the molecule is O=C(NCC1CC(O)C1)c1cc(Cl)c[nH]1. The molecule has 1 heterocycles. The van der Waals surface area contributed by atoms with Gasteiger partial charge in [0.25, 0.3) is 5.91 Å². The molecular weight excluding hydrogens is 216 g/mol. The molecule has 0 atom stereocenters. The number of aromatic nitrogens is 1. The fraction of sp³-hybridized carbons (Fsp3) is 0.500. The van der Waals surface area contributed by atoms with Crippen LogP contribution >= 0.6 is 11.6 Å². The molecule has 0 bridgehead atoms. The number of hydrogen-bond acceptors (Lipinski definition) is 2. The summed E-state index contributed by atoms with van der Waals surface area (Å²) in [5.74, 6) is 0.262. The van der Waals surface area contributed by atoms with Crippen LogP contribution in [0.15, 0.2) is 12.3 Å². The predicted octanol–water partition coefficient (Wildman–Crippen LogP) is 1.17. The number of carbonyl (C=O) groups is 1. The minimum atomic E-state index is -0.174. The Labute approximate surface area is 92.6 Å². The van der Waals surface area contributed by atoms with Gasteiger partial charge in [-0.1, -0.05) is 11.6 Å². The number of nitrogens with one attached hydrogen (secondary N) is 2. The van der Waals surface area contributed by atoms with Gasteiger partial charge in [-0.15, -0.1) is 0 Å². The summed E-state index contributed by atoms with van der Waals surface area (Å²) < 4.78 is 0. The van der Waals surface area contributed by atoms with Crippen molar-refractivity contribution < 1.29 is 9.90 Å². The summed E-state index contributed by atoms with van der Waals surface area (Å²) in [6.07, 6.45) is 2.97. The first kappa shape index (κ1) is 10.5. The summed E-state index contributed by atoms with van der Waals surface area (Å²) in [5.41, 5.74) is 0.472. The first-order valence-electron chi connectivity index (χ1n) is 4.95. The number of carbonyl (C=O) groups excluding carboxylic acids is 1. The van der Waals surface area contributed by atoms with Gasteiger partial charge in [0.05, 0.1) is 11.1 Å². The monoisotopic (exact) mass is 228 g/mol. The fourth-order valence-corrected chi connectivity index (χ4v) is 1.86. The lowest BCUT2D eigenvalue weighted by Crippen LogP contribution is -2.38. The second-order valence-electron chi connectivity index (χ2n) is 3.93. The molecule has 0 unspecified atom stereocenters. The third-order valence-electron chi connectivity index (χ3n) is 2.65. The molecule has 1 aromatic rings. The zero-order chi connectivity index (χ0) is 10.8. The van der Waals surface area contributed by atoms with Gasteiger partial charge >= 0.3 is 0 Å². The summed E-state index contributed by atoms with van der Waals surface area (Å²) in [7, 11) is 0. The van der Waals surface area contributed by atoms with Gasteiger partial charge in [-0.25, -0.2) is 0 Å². The third-order valence-corrected chi connectivity index (χ3v) is 2.87. The van der Waals surface area contributed by atoms with Gasteiger partial charge in [0.1, 0.15) is 5.69 Å². The smallest absolute Gasteiger partial charge is 0.267 e. The average molecular weight is 229 g/mol. The maximum absolute atomic E-state index is 11.5. The standard InChI is InChI=1S/C10H13ClN2O2/c11-7-3-9(12-5-7)10(15)13-4-6-1-8(14)2-6/h3,5-6,8,12,14H,1-2,4H2,(H,13,15). The number of H-pyrrole nitrogens is 1. The topological polar surface area (TPSA) is 65.1 Å². The van der Waals surface area contributed by atoms with Crippen LogP contribution in [0.5, 0.6) is 0 Å². The van der Waals surface area contributed by atoms with Crippen molar-refractivity contribution in [3.63, 3.8) is 0 Å². The molecule has 0 radical (unpaired) electrons. The Morgan fingerprint density at radius 2 is 2.40 bits per heavy atom. The highest BCUT2D eigenvalue weighted by Gasteiger charge is 2.27. The first-order valence-corrected chi connectivity index (χ1v) is 5.33. The van der Waals surface area contributed by atoms with Crippen molar-refractivity contribution >= 4 is 17.5 Å². The highest BCUT2D eigenvalue weighted by molar-refractivity contribution is 6.30. The maximum atomic E-state index is 11.5. The van der Waals surface area contributed by atoms with Crippen molar-refractivity contribution in [2.24, 2.45) is 5.92 Å². The van der Waals surface area contributed by atoms with Crippen LogP contribution in [0.1, 0.15) is 23.3 Å². The van der Waals surface area contributed by atoms with E-state index in [1.54, 1.807) is 12.3 Å². The van der Waals surface area contributed by atoms with Gasteiger partial charge in [-0.3, -0.25) is 4.79 Å². The van der Waals surface area contributed by atoms with Crippen LogP contribution in [0, 0.1) is 5.92 Å². The lowest BCUT2D eigenvalue weighted by atomic mass is 9.82. The molecule has 2 rings (SSSR count). The van der Waals surface area contributed by atoms with Crippen LogP contribution in [0.2, 0.25) is 5.02 Å². The van der Waals surface area contributed by atoms with E-state index in [1.165, 1.54) is 0 Å². The minimum absolute atomic E-state index is 0.150. The Morgan fingerprint density at radius 3 is 2.93 bits per heavy atom. The van der Waals surface area contributed by atoms with Crippen molar-refractivity contribution in [1.82, 2.24) is 10.3 Å². The van der Waals surface area contributed by atoms with E-state index in [2.05, 4.69) is 10.3 Å². The van der Waals surface area contributed by atoms with E-state index >= 15 is 0 Å². The first-order chi connectivity index (χ1) is 7.15. The Balaban J connectivity index is 1.78. The minimum Gasteiger partial charge on any atom is -0.393 e. The molecule has 1 amide bonds. The van der Waals surface area contributed by atoms with Crippen molar-refractivity contribution in [2.75, 3.05) is 6.54 Å². The van der Waals surface area contributed by atoms with Crippen molar-refractivity contribution in [2.45, 2.75) is 18.9 Å². The number of halogens is 1. The molecule has 1 fully saturated rings. The lowest BCUT2D eigenvalue weighted by Gasteiger charge is -2.31. The number of aliphatic hydroxyl groups is 1. The zero-order valence-electron chi connectivity index (χ0n) is 8.16. The molecule has 1 aliphatic carbocycles. The molecule has 15 heavy (non-hydrogen) atoms. The van der Waals surface area contributed by atoms with Gasteiger partial charge in [0.2, 0.25) is 0 Å². The molecule has 1 aliphatic rings. The van der Waals surface area contributed by atoms with Crippen molar-refractivity contribution in [1.29, 1.82) is 0 Å². The zero-order valence-corrected chi connectivity index (χ0v) is 8.92. The lowest BCUT2D eigenvalue weighted by molar-refractivity contribution is 0.0420. The average Bonchev–Trinajstić information content (AvgIpc) is 2.57. The van der Waals surface area contributed by atoms with Crippen LogP contribution < -0.4 is 5.32 Å². The van der Waals surface area contributed by atoms with Gasteiger partial charge in [-0.2, -0.15) is 0 Å². The molecule has 1 aromatic heterocycles. The molecule has 0 aliphatic heterocycles. The summed E-state index contributed by atoms with van der Waals surface area (Å²) in [6.45, 7) is 0.618. The Kier molecular flexibility index (Phi) is 2.98. The number of amides is 1. The molecule has 0 aromatic carbocycles. The number of aromatic amines is 1. The molecule has 0 saturated heterocycles. The molecule has 82 valence electrons. The quantitative estimate of drug-likeness (QED) is 0.727. The summed E-state index contributed by atoms with van der Waals surface area (Å²) in [6, 6.07) is 1.59. The molecule has 5 heteroatoms. The molecule has 4 nitrogen and oxygen atoms in total. The maximum Gasteiger partial charge on any atom is 0.267 e. The van der Waals surface area contributed by atoms with Gasteiger partial charge < -0.3 is 15.4 Å². The van der Waals surface area contributed by atoms with E-state index < -0.39 is 0 Å². The van der Waals surface area contributed by atoms with Gasteiger partial charge in [0.15, 0.2) is 0 Å². The highest BCUT2D eigenvalue weighted by Crippen LogP contribution is 2.26. The summed E-state index contributed by atoms with van der Waals surface area (Å²) in [5, 5.41) is 12.4. The second-order valence-corrected chi connectivity index (χ2v) is 4.37. The van der Waals surface area contributed by atoms with Crippen LogP contribution in [-0.2, 0) is 0 Å². The van der Waals surface area contributed by atoms with E-state index in [0.29, 0.717) is 23.2 Å². The van der Waals surface area contributed by atoms with Crippen LogP contribution in [-0.4, -0.2) is 28.6 Å². The Hall–Kier alpha value is -1.00. The van der Waals surface area contributed by atoms with E-state index in [-0.39, 0.29) is 12.0 Å². The highest BCUT2D eigenvalue weighted by atomic mass is 35.5. The summed E-state index contributed by atoms with van der Waals surface area (Å²) in [4.78, 5) is 14.3. The second kappa shape index (κ2) is 4.24. The molecule has 3 N–H and O–H groups in total. The third kappa shape index (κ3) is 2.52. The number of rotatable bonds is 3. The largest absolute Gasteiger partial charge is 0.393 e. The van der Waals surface area contributed by atoms with Crippen LogP contribution in [0.3, 0.4) is 0 Å². The molecular formula is C10H13ClN2O2. The van der Waals surface area contributed by atoms with Crippen LogP contribution in [0.4, 0.5) is 0 Å². The van der Waals surface area contributed by atoms with E-state index in [0.717, 1.165) is 12.8 Å². The fourth-order valence-electron chi connectivity index (χ4n) is 1.70. The number of aliphatic hydroxyl groups excluding tert-OH is 1. The molecule has 0 spiro atoms. The van der Waals surface area contributed by atoms with E-state index in [4.69, 9.17) is 16.7 Å². The van der Waals surface area contributed by atoms with Crippen molar-refractivity contribution in [3.8, 4) is 0 Å². The van der Waals surface area contributed by atoms with E-state index in [1.807, 2.05) is 0 Å². The van der Waals surface area contributed by atoms with Crippen molar-refractivity contribution in [3.05, 3.63) is 23.0 Å². The van der Waals surface area contributed by atoms with Gasteiger partial charge in [0, 0.05) is 12.7 Å². The number of hydrogen-bond donors (Lipinski definition) is 3. The molecule has 1 saturated carbocycles. The van der Waals surface area contributed by atoms with Crippen LogP contribution in [0.25, 0.3) is 0 Å². The Bertz CT molecular complexity index is 358. The van der Waals surface area contributed by atoms with E-state index in [9.17, 15) is 4.79 Å². The Morgan fingerprint density at radius 1 is 1.67 bits per heavy atom.